The fourth-order valence-electron chi connectivity index (χ4n) is 1.15. The Morgan fingerprint density at radius 3 is 2.82 bits per heavy atom. The molecule has 0 aromatic carbocycles. The fourth-order valence-corrected chi connectivity index (χ4v) is 1.15. The molecule has 2 N–H and O–H groups in total. The van der Waals surface area contributed by atoms with Crippen LogP contribution in [0.15, 0.2) is 18.3 Å². The topological polar surface area (TPSA) is 74.4 Å². The van der Waals surface area contributed by atoms with Gasteiger partial charge in [-0.25, -0.2) is 9.78 Å². The predicted molar refractivity (Wildman–Crippen MR) is 64.7 cm³/mol. The van der Waals surface area contributed by atoms with Crippen LogP contribution in [0.4, 0.5) is 5.82 Å². The number of hydrogen-bond donors (Lipinski definition) is 1. The molecule has 1 rings (SSSR count). The zero-order valence-corrected chi connectivity index (χ0v) is 10.0. The van der Waals surface area contributed by atoms with E-state index in [0.717, 1.165) is 12.8 Å². The highest BCUT2D eigenvalue weighted by atomic mass is 16.6. The van der Waals surface area contributed by atoms with Gasteiger partial charge in [-0.05, 0) is 18.6 Å². The van der Waals surface area contributed by atoms with E-state index in [1.165, 1.54) is 6.20 Å². The lowest BCUT2D eigenvalue weighted by Crippen LogP contribution is -2.11. The average Bonchev–Trinajstić information content (AvgIpc) is 2.34. The number of nitrogens with zero attached hydrogens (tertiary/aromatic N) is 1. The third-order valence-electron chi connectivity index (χ3n) is 2.13. The minimum Gasteiger partial charge on any atom is -0.460 e. The molecule has 17 heavy (non-hydrogen) atoms. The van der Waals surface area contributed by atoms with Crippen molar-refractivity contribution in [1.29, 1.82) is 0 Å². The van der Waals surface area contributed by atoms with Crippen molar-refractivity contribution < 1.29 is 14.3 Å². The van der Waals surface area contributed by atoms with E-state index in [1.54, 1.807) is 12.1 Å². The Balaban J connectivity index is 2.19. The van der Waals surface area contributed by atoms with Crippen LogP contribution in [0.25, 0.3) is 0 Å². The lowest BCUT2D eigenvalue weighted by atomic mass is 10.3. The van der Waals surface area contributed by atoms with Gasteiger partial charge >= 0.3 is 5.97 Å². The van der Waals surface area contributed by atoms with Gasteiger partial charge in [0.2, 0.25) is 0 Å². The number of ether oxygens (including phenoxy) is 2. The number of rotatable bonds is 7. The summed E-state index contributed by atoms with van der Waals surface area (Å²) in [6, 6.07) is 3.15. The summed E-state index contributed by atoms with van der Waals surface area (Å²) in [6.07, 6.45) is 3.52. The van der Waals surface area contributed by atoms with Crippen LogP contribution in [0, 0.1) is 0 Å². The molecule has 0 atom stereocenters. The molecule has 5 heteroatoms. The molecule has 1 heterocycles. The number of aromatic nitrogens is 1. The average molecular weight is 238 g/mol. The number of nitrogens with two attached hydrogens (primary N) is 1. The smallest absolute Gasteiger partial charge is 0.339 e. The third kappa shape index (κ3) is 5.31. The van der Waals surface area contributed by atoms with Crippen LogP contribution in [0.5, 0.6) is 0 Å². The molecule has 0 fully saturated rings. The molecule has 1 aromatic heterocycles. The summed E-state index contributed by atoms with van der Waals surface area (Å²) in [4.78, 5) is 15.3. The zero-order valence-electron chi connectivity index (χ0n) is 10.0. The quantitative estimate of drug-likeness (QED) is 0.577. The van der Waals surface area contributed by atoms with Gasteiger partial charge in [-0.3, -0.25) is 0 Å². The maximum atomic E-state index is 11.5. The molecule has 0 aliphatic heterocycles. The van der Waals surface area contributed by atoms with E-state index in [9.17, 15) is 4.79 Å². The van der Waals surface area contributed by atoms with Gasteiger partial charge in [-0.2, -0.15) is 0 Å². The summed E-state index contributed by atoms with van der Waals surface area (Å²) in [7, 11) is 0. The molecule has 0 bridgehead atoms. The first-order valence-electron chi connectivity index (χ1n) is 5.70. The summed E-state index contributed by atoms with van der Waals surface area (Å²) < 4.78 is 10.3. The maximum Gasteiger partial charge on any atom is 0.339 e. The Bertz CT molecular complexity index is 338. The highest BCUT2D eigenvalue weighted by Gasteiger charge is 2.06. The van der Waals surface area contributed by atoms with Crippen LogP contribution in [-0.2, 0) is 9.47 Å². The van der Waals surface area contributed by atoms with E-state index in [-0.39, 0.29) is 6.61 Å². The van der Waals surface area contributed by atoms with Crippen LogP contribution in [0.1, 0.15) is 30.1 Å². The van der Waals surface area contributed by atoms with Gasteiger partial charge in [0.25, 0.3) is 0 Å². The SMILES string of the molecule is CCCCOCCOC(=O)c1ccc(N)nc1. The second-order valence-electron chi connectivity index (χ2n) is 3.57. The first-order chi connectivity index (χ1) is 8.24. The lowest BCUT2D eigenvalue weighted by Gasteiger charge is -2.05. The number of esters is 1. The molecule has 0 aliphatic carbocycles. The number of unbranched alkanes of at least 4 members (excludes halogenated alkanes) is 1. The maximum absolute atomic E-state index is 11.5. The molecule has 5 nitrogen and oxygen atoms in total. The molecule has 0 spiro atoms. The van der Waals surface area contributed by atoms with Gasteiger partial charge in [-0.15, -0.1) is 0 Å². The van der Waals surface area contributed by atoms with E-state index >= 15 is 0 Å². The summed E-state index contributed by atoms with van der Waals surface area (Å²) >= 11 is 0. The first-order valence-corrected chi connectivity index (χ1v) is 5.70. The number of hydrogen-bond acceptors (Lipinski definition) is 5. The van der Waals surface area contributed by atoms with Gasteiger partial charge < -0.3 is 15.2 Å². The Labute approximate surface area is 101 Å². The van der Waals surface area contributed by atoms with Crippen molar-refractivity contribution in [3.63, 3.8) is 0 Å². The summed E-state index contributed by atoms with van der Waals surface area (Å²) in [5, 5.41) is 0. The van der Waals surface area contributed by atoms with E-state index in [0.29, 0.717) is 24.6 Å². The minimum absolute atomic E-state index is 0.257. The molecule has 0 aliphatic rings. The van der Waals surface area contributed by atoms with Crippen LogP contribution in [-0.4, -0.2) is 30.8 Å². The van der Waals surface area contributed by atoms with Crippen molar-refractivity contribution >= 4 is 11.8 Å². The van der Waals surface area contributed by atoms with Crippen molar-refractivity contribution in [2.45, 2.75) is 19.8 Å². The van der Waals surface area contributed by atoms with Crippen LogP contribution in [0.2, 0.25) is 0 Å². The Kier molecular flexibility index (Phi) is 6.03. The predicted octanol–water partition coefficient (Wildman–Crippen LogP) is 1.64. The van der Waals surface area contributed by atoms with Crippen molar-refractivity contribution in [3.8, 4) is 0 Å². The molecule has 0 radical (unpaired) electrons. The molecule has 1 aromatic rings. The number of carbonyl (C=O) groups excluding carboxylic acids is 1. The van der Waals surface area contributed by atoms with Gasteiger partial charge in [-0.1, -0.05) is 13.3 Å². The number of nitrogen functional groups attached to an aromatic ring is 1. The lowest BCUT2D eigenvalue weighted by molar-refractivity contribution is 0.0313. The summed E-state index contributed by atoms with van der Waals surface area (Å²) in [5.41, 5.74) is 5.81. The molecule has 0 saturated heterocycles. The Morgan fingerprint density at radius 2 is 2.18 bits per heavy atom. The molecular weight excluding hydrogens is 220 g/mol. The largest absolute Gasteiger partial charge is 0.460 e. The number of anilines is 1. The zero-order chi connectivity index (χ0) is 12.5. The highest BCUT2D eigenvalue weighted by molar-refractivity contribution is 5.89. The fraction of sp³-hybridized carbons (Fsp3) is 0.500. The van der Waals surface area contributed by atoms with Crippen LogP contribution < -0.4 is 5.73 Å². The van der Waals surface area contributed by atoms with Gasteiger partial charge in [0.1, 0.15) is 12.4 Å². The number of pyridine rings is 1. The van der Waals surface area contributed by atoms with Gasteiger partial charge in [0.15, 0.2) is 0 Å². The molecule has 94 valence electrons. The van der Waals surface area contributed by atoms with Crippen LogP contribution >= 0.6 is 0 Å². The van der Waals surface area contributed by atoms with Gasteiger partial charge in [0.05, 0.1) is 12.2 Å². The van der Waals surface area contributed by atoms with Crippen molar-refractivity contribution in [2.75, 3.05) is 25.6 Å². The van der Waals surface area contributed by atoms with Crippen LogP contribution in [0.3, 0.4) is 0 Å². The Hall–Kier alpha value is -1.62. The standard InChI is InChI=1S/C12H18N2O3/c1-2-3-6-16-7-8-17-12(15)10-4-5-11(13)14-9-10/h4-5,9H,2-3,6-8H2,1H3,(H2,13,14). The molecule has 0 amide bonds. The molecular formula is C12H18N2O3. The third-order valence-corrected chi connectivity index (χ3v) is 2.13. The number of carbonyl (C=O) groups is 1. The summed E-state index contributed by atoms with van der Waals surface area (Å²) in [5.74, 6) is -0.0268. The minimum atomic E-state index is -0.406. The van der Waals surface area contributed by atoms with Crippen molar-refractivity contribution in [2.24, 2.45) is 0 Å². The normalized spacial score (nSPS) is 10.2. The molecule has 0 saturated carbocycles. The Morgan fingerprint density at radius 1 is 1.35 bits per heavy atom. The highest BCUT2D eigenvalue weighted by Crippen LogP contribution is 2.03. The second-order valence-corrected chi connectivity index (χ2v) is 3.57. The van der Waals surface area contributed by atoms with E-state index < -0.39 is 5.97 Å². The van der Waals surface area contributed by atoms with Crippen molar-refractivity contribution in [1.82, 2.24) is 4.98 Å². The first kappa shape index (κ1) is 13.4. The second kappa shape index (κ2) is 7.62. The monoisotopic (exact) mass is 238 g/mol. The van der Waals surface area contributed by atoms with Crippen molar-refractivity contribution in [3.05, 3.63) is 23.9 Å². The van der Waals surface area contributed by atoms with E-state index in [4.69, 9.17) is 15.2 Å². The van der Waals surface area contributed by atoms with Gasteiger partial charge in [0, 0.05) is 12.8 Å². The van der Waals surface area contributed by atoms with E-state index in [2.05, 4.69) is 11.9 Å². The van der Waals surface area contributed by atoms with E-state index in [1.807, 2.05) is 0 Å². The summed E-state index contributed by atoms with van der Waals surface area (Å²) in [6.45, 7) is 3.48. The molecule has 0 unspecified atom stereocenters.